The van der Waals surface area contributed by atoms with Crippen LogP contribution in [0.2, 0.25) is 5.02 Å². The van der Waals surface area contributed by atoms with E-state index in [1.54, 1.807) is 0 Å². The van der Waals surface area contributed by atoms with Crippen molar-refractivity contribution >= 4 is 28.6 Å². The van der Waals surface area contributed by atoms with Gasteiger partial charge in [-0.05, 0) is 69.9 Å². The lowest BCUT2D eigenvalue weighted by Gasteiger charge is -2.40. The number of rotatable bonds is 3. The molecule has 0 saturated carbocycles. The van der Waals surface area contributed by atoms with Crippen molar-refractivity contribution in [3.8, 4) is 5.69 Å². The van der Waals surface area contributed by atoms with Gasteiger partial charge in [-0.2, -0.15) is 0 Å². The van der Waals surface area contributed by atoms with Crippen molar-refractivity contribution in [2.24, 2.45) is 0 Å². The number of nitrogens with zero attached hydrogens (tertiary/aromatic N) is 7. The van der Waals surface area contributed by atoms with Crippen LogP contribution in [0.5, 0.6) is 0 Å². The minimum atomic E-state index is 0.427. The third kappa shape index (κ3) is 2.94. The summed E-state index contributed by atoms with van der Waals surface area (Å²) >= 11 is 6.11. The molecule has 2 saturated heterocycles. The van der Waals surface area contributed by atoms with Crippen molar-refractivity contribution in [2.45, 2.75) is 57.7 Å². The number of pyridine rings is 1. The van der Waals surface area contributed by atoms with Gasteiger partial charge in [0.2, 0.25) is 5.95 Å². The second kappa shape index (κ2) is 7.05. The highest BCUT2D eigenvalue weighted by molar-refractivity contribution is 6.30. The molecule has 158 valence electrons. The van der Waals surface area contributed by atoms with Crippen molar-refractivity contribution in [1.82, 2.24) is 29.3 Å². The van der Waals surface area contributed by atoms with Crippen LogP contribution in [0.25, 0.3) is 16.7 Å². The number of piperidine rings is 1. The molecule has 2 aliphatic rings. The SMILES string of the molecule is Cc1nnc(N2[C@@H]3CC[C@H]2CC(n2c(C)nc4ccncc42)C3)n1-c1ccc(Cl)cc1. The van der Waals surface area contributed by atoms with Crippen LogP contribution in [0.1, 0.15) is 43.4 Å². The quantitative estimate of drug-likeness (QED) is 0.470. The Labute approximate surface area is 185 Å². The Hall–Kier alpha value is -2.93. The van der Waals surface area contributed by atoms with Gasteiger partial charge < -0.3 is 9.47 Å². The molecule has 4 aromatic rings. The molecule has 7 nitrogen and oxygen atoms in total. The summed E-state index contributed by atoms with van der Waals surface area (Å²) in [5, 5.41) is 9.77. The second-order valence-corrected chi connectivity index (χ2v) is 9.11. The molecule has 3 aromatic heterocycles. The zero-order valence-electron chi connectivity index (χ0n) is 17.6. The Morgan fingerprint density at radius 3 is 2.39 bits per heavy atom. The van der Waals surface area contributed by atoms with Crippen molar-refractivity contribution < 1.29 is 0 Å². The zero-order valence-corrected chi connectivity index (χ0v) is 18.4. The predicted molar refractivity (Wildman–Crippen MR) is 121 cm³/mol. The molecule has 5 heterocycles. The van der Waals surface area contributed by atoms with E-state index < -0.39 is 0 Å². The van der Waals surface area contributed by atoms with Gasteiger partial charge in [-0.25, -0.2) is 4.98 Å². The van der Waals surface area contributed by atoms with E-state index in [-0.39, 0.29) is 0 Å². The lowest BCUT2D eigenvalue weighted by molar-refractivity contribution is 0.333. The first-order valence-corrected chi connectivity index (χ1v) is 11.2. The molecule has 8 heteroatoms. The molecule has 1 aromatic carbocycles. The maximum Gasteiger partial charge on any atom is 0.232 e. The molecular formula is C23H24ClN7. The van der Waals surface area contributed by atoms with Crippen molar-refractivity contribution in [2.75, 3.05) is 4.90 Å². The summed E-state index contributed by atoms with van der Waals surface area (Å²) < 4.78 is 4.56. The number of fused-ring (bicyclic) bond motifs is 3. The number of benzene rings is 1. The van der Waals surface area contributed by atoms with Crippen LogP contribution < -0.4 is 4.90 Å². The first-order valence-electron chi connectivity index (χ1n) is 10.8. The summed E-state index contributed by atoms with van der Waals surface area (Å²) in [6.07, 6.45) is 8.27. The maximum absolute atomic E-state index is 6.11. The van der Waals surface area contributed by atoms with Gasteiger partial charge in [0.25, 0.3) is 0 Å². The Kier molecular flexibility index (Phi) is 4.28. The molecule has 3 atom stereocenters. The normalized spacial score (nSPS) is 23.1. The van der Waals surface area contributed by atoms with Crippen LogP contribution in [0.4, 0.5) is 5.95 Å². The molecule has 31 heavy (non-hydrogen) atoms. The summed E-state index contributed by atoms with van der Waals surface area (Å²) in [7, 11) is 0. The van der Waals surface area contributed by atoms with Gasteiger partial charge in [0.15, 0.2) is 0 Å². The van der Waals surface area contributed by atoms with E-state index in [2.05, 4.69) is 36.1 Å². The fourth-order valence-electron chi connectivity index (χ4n) is 5.62. The highest BCUT2D eigenvalue weighted by Gasteiger charge is 2.44. The molecule has 0 amide bonds. The highest BCUT2D eigenvalue weighted by Crippen LogP contribution is 2.44. The van der Waals surface area contributed by atoms with Crippen LogP contribution >= 0.6 is 11.6 Å². The minimum absolute atomic E-state index is 0.427. The van der Waals surface area contributed by atoms with Crippen molar-refractivity contribution in [3.05, 3.63) is 59.4 Å². The average Bonchev–Trinajstić information content (AvgIpc) is 3.38. The van der Waals surface area contributed by atoms with Gasteiger partial charge in [-0.3, -0.25) is 9.55 Å². The molecule has 0 N–H and O–H groups in total. The maximum atomic E-state index is 6.11. The van der Waals surface area contributed by atoms with E-state index in [1.165, 1.54) is 12.8 Å². The first kappa shape index (κ1) is 18.8. The fourth-order valence-corrected chi connectivity index (χ4v) is 5.74. The lowest BCUT2D eigenvalue weighted by Crippen LogP contribution is -2.45. The zero-order chi connectivity index (χ0) is 21.1. The number of hydrogen-bond donors (Lipinski definition) is 0. The first-order chi connectivity index (χ1) is 15.1. The van der Waals surface area contributed by atoms with Crippen LogP contribution in [-0.4, -0.2) is 41.4 Å². The smallest absolute Gasteiger partial charge is 0.232 e. The Morgan fingerprint density at radius 2 is 1.65 bits per heavy atom. The standard InChI is InChI=1S/C23H24ClN7/c1-14-26-21-9-10-25-13-22(21)29(14)20-11-18-7-8-19(12-20)31(18)23-28-27-15(2)30(23)17-5-3-16(24)4-6-17/h3-6,9-10,13,18-20H,7-8,11-12H2,1-2H3/t18-,19+,20?. The number of aryl methyl sites for hydroxylation is 2. The molecule has 0 radical (unpaired) electrons. The van der Waals surface area contributed by atoms with Crippen molar-refractivity contribution in [3.63, 3.8) is 0 Å². The Morgan fingerprint density at radius 1 is 0.903 bits per heavy atom. The number of aromatic nitrogens is 6. The summed E-state index contributed by atoms with van der Waals surface area (Å²) in [5.41, 5.74) is 3.21. The second-order valence-electron chi connectivity index (χ2n) is 8.67. The van der Waals surface area contributed by atoms with E-state index in [4.69, 9.17) is 16.6 Å². The van der Waals surface area contributed by atoms with Gasteiger partial charge in [0.1, 0.15) is 11.6 Å². The van der Waals surface area contributed by atoms with Crippen molar-refractivity contribution in [1.29, 1.82) is 0 Å². The molecule has 2 bridgehead atoms. The minimum Gasteiger partial charge on any atom is -0.334 e. The third-order valence-electron chi connectivity index (χ3n) is 6.87. The van der Waals surface area contributed by atoms with Gasteiger partial charge >= 0.3 is 0 Å². The van der Waals surface area contributed by atoms with Crippen LogP contribution in [0.3, 0.4) is 0 Å². The summed E-state index contributed by atoms with van der Waals surface area (Å²) in [6, 6.07) is 11.2. The molecule has 1 unspecified atom stereocenters. The van der Waals surface area contributed by atoms with E-state index in [0.29, 0.717) is 18.1 Å². The van der Waals surface area contributed by atoms with E-state index >= 15 is 0 Å². The number of imidazole rings is 1. The van der Waals surface area contributed by atoms with E-state index in [9.17, 15) is 0 Å². The van der Waals surface area contributed by atoms with Gasteiger partial charge in [-0.15, -0.1) is 10.2 Å². The number of hydrogen-bond acceptors (Lipinski definition) is 5. The van der Waals surface area contributed by atoms with Crippen LogP contribution in [0.15, 0.2) is 42.7 Å². The lowest BCUT2D eigenvalue weighted by atomic mass is 9.97. The van der Waals surface area contributed by atoms with Gasteiger partial charge in [0.05, 0.1) is 22.9 Å². The molecule has 2 fully saturated rings. The number of anilines is 1. The third-order valence-corrected chi connectivity index (χ3v) is 7.12. The van der Waals surface area contributed by atoms with E-state index in [1.807, 2.05) is 49.6 Å². The molecule has 2 aliphatic heterocycles. The highest BCUT2D eigenvalue weighted by atomic mass is 35.5. The predicted octanol–water partition coefficient (Wildman–Crippen LogP) is 4.65. The van der Waals surface area contributed by atoms with Crippen LogP contribution in [0, 0.1) is 13.8 Å². The average molecular weight is 434 g/mol. The van der Waals surface area contributed by atoms with Crippen LogP contribution in [-0.2, 0) is 0 Å². The largest absolute Gasteiger partial charge is 0.334 e. The van der Waals surface area contributed by atoms with E-state index in [0.717, 1.165) is 52.2 Å². The fraction of sp³-hybridized carbons (Fsp3) is 0.391. The Balaban J connectivity index is 1.36. The van der Waals surface area contributed by atoms with Gasteiger partial charge in [0, 0.05) is 29.3 Å². The molecule has 0 spiro atoms. The molecule has 6 rings (SSSR count). The monoisotopic (exact) mass is 433 g/mol. The molecule has 0 aliphatic carbocycles. The topological polar surface area (TPSA) is 64.7 Å². The Bertz CT molecular complexity index is 1240. The summed E-state index contributed by atoms with van der Waals surface area (Å²) in [4.78, 5) is 11.6. The van der Waals surface area contributed by atoms with Gasteiger partial charge in [-0.1, -0.05) is 11.6 Å². The summed E-state index contributed by atoms with van der Waals surface area (Å²) in [6.45, 7) is 4.11. The summed E-state index contributed by atoms with van der Waals surface area (Å²) in [5.74, 6) is 2.90. The molecular weight excluding hydrogens is 410 g/mol. The number of halogens is 1.